The maximum absolute atomic E-state index is 6.52. The molecule has 5 nitrogen and oxygen atoms in total. The number of hydrogen-bond acceptors (Lipinski definition) is 5. The first-order chi connectivity index (χ1) is 28.2. The average Bonchev–Trinajstić information content (AvgIpc) is 3.95. The van der Waals surface area contributed by atoms with Crippen molar-refractivity contribution < 1.29 is 4.42 Å². The van der Waals surface area contributed by atoms with Crippen molar-refractivity contribution in [1.29, 1.82) is 0 Å². The van der Waals surface area contributed by atoms with E-state index in [9.17, 15) is 0 Å². The van der Waals surface area contributed by atoms with Crippen molar-refractivity contribution in [3.8, 4) is 51.0 Å². The summed E-state index contributed by atoms with van der Waals surface area (Å²) in [7, 11) is 0. The van der Waals surface area contributed by atoms with Gasteiger partial charge in [-0.2, -0.15) is 0 Å². The zero-order chi connectivity index (χ0) is 37.5. The Morgan fingerprint density at radius 2 is 0.965 bits per heavy atom. The van der Waals surface area contributed by atoms with E-state index in [0.29, 0.717) is 17.5 Å². The van der Waals surface area contributed by atoms with Crippen LogP contribution >= 0.6 is 11.3 Å². The van der Waals surface area contributed by atoms with Crippen LogP contribution in [0.25, 0.3) is 115 Å². The maximum Gasteiger partial charge on any atom is 0.164 e. The van der Waals surface area contributed by atoms with Gasteiger partial charge < -0.3 is 8.98 Å². The van der Waals surface area contributed by atoms with Gasteiger partial charge in [-0.25, -0.2) is 15.0 Å². The van der Waals surface area contributed by atoms with E-state index in [1.807, 2.05) is 72.0 Å². The highest BCUT2D eigenvalue weighted by Gasteiger charge is 2.19. The molecule has 0 atom stereocenters. The van der Waals surface area contributed by atoms with E-state index < -0.39 is 0 Å². The van der Waals surface area contributed by atoms with Crippen molar-refractivity contribution in [2.45, 2.75) is 0 Å². The summed E-state index contributed by atoms with van der Waals surface area (Å²) in [6.07, 6.45) is 0. The highest BCUT2D eigenvalue weighted by molar-refractivity contribution is 7.26. The third-order valence-corrected chi connectivity index (χ3v) is 12.3. The molecule has 0 saturated heterocycles. The molecular formula is C51H30N4OS. The summed E-state index contributed by atoms with van der Waals surface area (Å²) in [6.45, 7) is 0. The van der Waals surface area contributed by atoms with Gasteiger partial charge in [0.15, 0.2) is 17.5 Å². The lowest BCUT2D eigenvalue weighted by atomic mass is 10.00. The van der Waals surface area contributed by atoms with Crippen LogP contribution in [0.4, 0.5) is 0 Å². The number of benzene rings is 8. The third-order valence-electron chi connectivity index (χ3n) is 11.0. The molecule has 0 aliphatic rings. The number of thiophene rings is 1. The smallest absolute Gasteiger partial charge is 0.164 e. The van der Waals surface area contributed by atoms with Gasteiger partial charge in [-0.05, 0) is 71.8 Å². The highest BCUT2D eigenvalue weighted by atomic mass is 32.1. The van der Waals surface area contributed by atoms with Crippen molar-refractivity contribution in [2.24, 2.45) is 0 Å². The fourth-order valence-corrected chi connectivity index (χ4v) is 9.61. The second-order valence-corrected chi connectivity index (χ2v) is 15.5. The maximum atomic E-state index is 6.52. The van der Waals surface area contributed by atoms with Gasteiger partial charge in [0.1, 0.15) is 11.2 Å². The minimum absolute atomic E-state index is 0.599. The Bertz CT molecular complexity index is 3460. The summed E-state index contributed by atoms with van der Waals surface area (Å²) in [5.74, 6) is 1.86. The van der Waals surface area contributed by atoms with Crippen LogP contribution in [0.5, 0.6) is 0 Å². The van der Waals surface area contributed by atoms with Gasteiger partial charge in [0.25, 0.3) is 0 Å². The first kappa shape index (κ1) is 31.9. The van der Waals surface area contributed by atoms with E-state index in [1.54, 1.807) is 0 Å². The summed E-state index contributed by atoms with van der Waals surface area (Å²) in [5.41, 5.74) is 10.2. The van der Waals surface area contributed by atoms with Crippen LogP contribution in [0.2, 0.25) is 0 Å². The van der Waals surface area contributed by atoms with Crippen molar-refractivity contribution in [1.82, 2.24) is 19.5 Å². The molecule has 57 heavy (non-hydrogen) atoms. The van der Waals surface area contributed by atoms with Crippen LogP contribution < -0.4 is 0 Å². The number of furan rings is 1. The standard InChI is InChI=1S/C51H30N4OS/c1-4-12-31(13-5-1)49-52-50(32-14-6-2-7-15-32)54-51(53-49)35-20-23-37-40-28-34(22-27-44(40)56-45(37)30-35)33-21-25-42-41(29-33)47-43(55(42)36-16-8-3-9-17-36)26-24-39-38-18-10-11-19-46(38)57-48(39)47/h1-30H. The number of rotatable bonds is 5. The topological polar surface area (TPSA) is 56.7 Å². The normalized spacial score (nSPS) is 11.9. The van der Waals surface area contributed by atoms with Gasteiger partial charge in [0.2, 0.25) is 0 Å². The lowest BCUT2D eigenvalue weighted by Gasteiger charge is -2.08. The molecular weight excluding hydrogens is 717 g/mol. The van der Waals surface area contributed by atoms with E-state index in [1.165, 1.54) is 42.0 Å². The minimum atomic E-state index is 0.599. The molecule has 0 amide bonds. The van der Waals surface area contributed by atoms with Crippen LogP contribution in [0.3, 0.4) is 0 Å². The van der Waals surface area contributed by atoms with Crippen LogP contribution in [-0.2, 0) is 0 Å². The molecule has 0 aliphatic carbocycles. The summed E-state index contributed by atoms with van der Waals surface area (Å²) in [4.78, 5) is 14.8. The Morgan fingerprint density at radius 1 is 0.386 bits per heavy atom. The molecule has 4 heterocycles. The van der Waals surface area contributed by atoms with Gasteiger partial charge in [-0.3, -0.25) is 0 Å². The zero-order valence-corrected chi connectivity index (χ0v) is 31.2. The van der Waals surface area contributed by atoms with Gasteiger partial charge in [0, 0.05) is 64.1 Å². The molecule has 0 bridgehead atoms. The number of para-hydroxylation sites is 1. The SMILES string of the molecule is c1ccc(-c2nc(-c3ccccc3)nc(-c3ccc4c(c3)oc3ccc(-c5ccc6c(c5)c5c7sc8ccccc8c7ccc5n6-c5ccccc5)cc34)n2)cc1. The lowest BCUT2D eigenvalue weighted by Crippen LogP contribution is -2.00. The van der Waals surface area contributed by atoms with Gasteiger partial charge in [-0.1, -0.05) is 121 Å². The molecule has 0 fully saturated rings. The van der Waals surface area contributed by atoms with Gasteiger partial charge >= 0.3 is 0 Å². The quantitative estimate of drug-likeness (QED) is 0.176. The van der Waals surface area contributed by atoms with Gasteiger partial charge in [-0.15, -0.1) is 11.3 Å². The molecule has 12 rings (SSSR count). The van der Waals surface area contributed by atoms with Crippen LogP contribution in [0, 0.1) is 0 Å². The largest absolute Gasteiger partial charge is 0.456 e. The van der Waals surface area contributed by atoms with E-state index >= 15 is 0 Å². The lowest BCUT2D eigenvalue weighted by molar-refractivity contribution is 0.669. The summed E-state index contributed by atoms with van der Waals surface area (Å²) in [6, 6.07) is 63.8. The molecule has 0 saturated carbocycles. The Morgan fingerprint density at radius 3 is 1.70 bits per heavy atom. The summed E-state index contributed by atoms with van der Waals surface area (Å²) in [5, 5.41) is 7.26. The third kappa shape index (κ3) is 5.12. The molecule has 0 aliphatic heterocycles. The molecule has 0 unspecified atom stereocenters. The molecule has 0 radical (unpaired) electrons. The van der Waals surface area contributed by atoms with E-state index in [2.05, 4.69) is 126 Å². The Hall–Kier alpha value is -7.41. The fraction of sp³-hybridized carbons (Fsp3) is 0. The molecule has 12 aromatic rings. The number of aromatic nitrogens is 4. The minimum Gasteiger partial charge on any atom is -0.456 e. The second kappa shape index (κ2) is 12.6. The van der Waals surface area contributed by atoms with Crippen molar-refractivity contribution >= 4 is 75.3 Å². The van der Waals surface area contributed by atoms with Crippen molar-refractivity contribution in [3.05, 3.63) is 182 Å². The number of hydrogen-bond donors (Lipinski definition) is 0. The highest BCUT2D eigenvalue weighted by Crippen LogP contribution is 2.44. The van der Waals surface area contributed by atoms with E-state index in [-0.39, 0.29) is 0 Å². The van der Waals surface area contributed by atoms with Crippen LogP contribution in [-0.4, -0.2) is 19.5 Å². The monoisotopic (exact) mass is 746 g/mol. The number of fused-ring (bicyclic) bond motifs is 10. The zero-order valence-electron chi connectivity index (χ0n) is 30.4. The van der Waals surface area contributed by atoms with Crippen molar-refractivity contribution in [3.63, 3.8) is 0 Å². The van der Waals surface area contributed by atoms with Gasteiger partial charge in [0.05, 0.1) is 11.0 Å². The predicted octanol–water partition coefficient (Wildman–Crippen LogP) is 13.9. The first-order valence-corrected chi connectivity index (χ1v) is 19.8. The van der Waals surface area contributed by atoms with Crippen molar-refractivity contribution in [2.75, 3.05) is 0 Å². The predicted molar refractivity (Wildman–Crippen MR) is 236 cm³/mol. The molecule has 0 N–H and O–H groups in total. The molecule has 266 valence electrons. The average molecular weight is 747 g/mol. The van der Waals surface area contributed by atoms with E-state index in [4.69, 9.17) is 19.4 Å². The Balaban J connectivity index is 1.00. The second-order valence-electron chi connectivity index (χ2n) is 14.4. The number of nitrogens with zero attached hydrogens (tertiary/aromatic N) is 4. The van der Waals surface area contributed by atoms with Crippen LogP contribution in [0.15, 0.2) is 186 Å². The molecule has 8 aromatic carbocycles. The molecule has 0 spiro atoms. The molecule has 4 aromatic heterocycles. The Labute approximate surface area is 330 Å². The molecule has 6 heteroatoms. The summed E-state index contributed by atoms with van der Waals surface area (Å²) < 4.78 is 11.6. The Kier molecular flexibility index (Phi) is 7.03. The fourth-order valence-electron chi connectivity index (χ4n) is 8.35. The first-order valence-electron chi connectivity index (χ1n) is 19.0. The summed E-state index contributed by atoms with van der Waals surface area (Å²) >= 11 is 1.88. The van der Waals surface area contributed by atoms with Crippen LogP contribution in [0.1, 0.15) is 0 Å². The van der Waals surface area contributed by atoms with E-state index in [0.717, 1.165) is 55.4 Å².